The van der Waals surface area contributed by atoms with Crippen LogP contribution >= 0.6 is 11.3 Å². The van der Waals surface area contributed by atoms with E-state index in [9.17, 15) is 8.42 Å². The van der Waals surface area contributed by atoms with Crippen molar-refractivity contribution >= 4 is 21.4 Å². The van der Waals surface area contributed by atoms with Gasteiger partial charge in [0.15, 0.2) is 10.8 Å². The SMILES string of the molecule is CC(C)c1csc(-c2nccn2-c2ccc(S(N)(=O)=O)cc2)n1. The van der Waals surface area contributed by atoms with E-state index in [4.69, 9.17) is 5.14 Å². The molecule has 2 aromatic heterocycles. The molecule has 120 valence electrons. The number of nitrogens with zero attached hydrogens (tertiary/aromatic N) is 3. The third-order valence-electron chi connectivity index (χ3n) is 3.39. The predicted octanol–water partition coefficient (Wildman–Crippen LogP) is 2.77. The van der Waals surface area contributed by atoms with Crippen molar-refractivity contribution in [3.63, 3.8) is 0 Å². The van der Waals surface area contributed by atoms with E-state index in [2.05, 4.69) is 23.8 Å². The fraction of sp³-hybridized carbons (Fsp3) is 0.200. The zero-order valence-electron chi connectivity index (χ0n) is 12.7. The standard InChI is InChI=1S/C15H16N4O2S2/c1-10(2)13-9-22-15(18-13)14-17-7-8-19(14)11-3-5-12(6-4-11)23(16,20)21/h3-10H,1-2H3,(H2,16,20,21). The summed E-state index contributed by atoms with van der Waals surface area (Å²) in [6, 6.07) is 6.36. The lowest BCUT2D eigenvalue weighted by Crippen LogP contribution is -2.12. The van der Waals surface area contributed by atoms with Crippen molar-refractivity contribution in [2.45, 2.75) is 24.7 Å². The fourth-order valence-corrected chi connectivity index (χ4v) is 3.61. The van der Waals surface area contributed by atoms with Crippen molar-refractivity contribution in [2.24, 2.45) is 5.14 Å². The molecule has 8 heteroatoms. The van der Waals surface area contributed by atoms with Crippen molar-refractivity contribution in [3.8, 4) is 16.5 Å². The van der Waals surface area contributed by atoms with E-state index in [1.165, 1.54) is 12.1 Å². The number of imidazole rings is 1. The molecule has 0 aliphatic heterocycles. The van der Waals surface area contributed by atoms with Gasteiger partial charge in [-0.15, -0.1) is 11.3 Å². The topological polar surface area (TPSA) is 90.9 Å². The summed E-state index contributed by atoms with van der Waals surface area (Å²) in [7, 11) is -3.69. The highest BCUT2D eigenvalue weighted by molar-refractivity contribution is 7.89. The zero-order chi connectivity index (χ0) is 16.6. The molecule has 0 unspecified atom stereocenters. The minimum atomic E-state index is -3.69. The number of benzene rings is 1. The molecule has 6 nitrogen and oxygen atoms in total. The Hall–Kier alpha value is -2.03. The second-order valence-corrected chi connectivity index (χ2v) is 7.81. The normalized spacial score (nSPS) is 12.0. The van der Waals surface area contributed by atoms with Gasteiger partial charge < -0.3 is 0 Å². The summed E-state index contributed by atoms with van der Waals surface area (Å²) < 4.78 is 24.5. The molecule has 0 bridgehead atoms. The van der Waals surface area contributed by atoms with Crippen LogP contribution in [0.4, 0.5) is 0 Å². The molecule has 1 aromatic carbocycles. The Labute approximate surface area is 138 Å². The summed E-state index contributed by atoms with van der Waals surface area (Å²) in [5.41, 5.74) is 1.83. The van der Waals surface area contributed by atoms with Crippen molar-refractivity contribution in [2.75, 3.05) is 0 Å². The molecule has 0 fully saturated rings. The zero-order valence-corrected chi connectivity index (χ0v) is 14.3. The molecule has 0 atom stereocenters. The maximum absolute atomic E-state index is 11.3. The van der Waals surface area contributed by atoms with Gasteiger partial charge >= 0.3 is 0 Å². The molecular weight excluding hydrogens is 332 g/mol. The fourth-order valence-electron chi connectivity index (χ4n) is 2.12. The molecule has 0 spiro atoms. The lowest BCUT2D eigenvalue weighted by molar-refractivity contribution is 0.598. The van der Waals surface area contributed by atoms with Gasteiger partial charge in [0.25, 0.3) is 0 Å². The Morgan fingerprint density at radius 1 is 1.22 bits per heavy atom. The monoisotopic (exact) mass is 348 g/mol. The number of aromatic nitrogens is 3. The maximum atomic E-state index is 11.3. The van der Waals surface area contributed by atoms with Crippen LogP contribution in [0.1, 0.15) is 25.5 Å². The number of primary sulfonamides is 1. The minimum absolute atomic E-state index is 0.0826. The smallest absolute Gasteiger partial charge is 0.238 e. The lowest BCUT2D eigenvalue weighted by Gasteiger charge is -2.07. The molecule has 23 heavy (non-hydrogen) atoms. The average molecular weight is 348 g/mol. The van der Waals surface area contributed by atoms with Crippen LogP contribution in [-0.2, 0) is 10.0 Å². The molecule has 0 aliphatic rings. The largest absolute Gasteiger partial charge is 0.298 e. The van der Waals surface area contributed by atoms with Crippen LogP contribution in [0, 0.1) is 0 Å². The van der Waals surface area contributed by atoms with Gasteiger partial charge in [0.05, 0.1) is 10.6 Å². The predicted molar refractivity (Wildman–Crippen MR) is 90.1 cm³/mol. The Balaban J connectivity index is 2.00. The first-order valence-corrected chi connectivity index (χ1v) is 9.41. The summed E-state index contributed by atoms with van der Waals surface area (Å²) in [6.45, 7) is 4.19. The third-order valence-corrected chi connectivity index (χ3v) is 5.17. The lowest BCUT2D eigenvalue weighted by atomic mass is 10.2. The Bertz CT molecular complexity index is 925. The van der Waals surface area contributed by atoms with Crippen LogP contribution < -0.4 is 5.14 Å². The number of hydrogen-bond acceptors (Lipinski definition) is 5. The third kappa shape index (κ3) is 3.19. The van der Waals surface area contributed by atoms with E-state index in [0.717, 1.165) is 22.2 Å². The maximum Gasteiger partial charge on any atom is 0.238 e. The van der Waals surface area contributed by atoms with Crippen LogP contribution in [-0.4, -0.2) is 23.0 Å². The highest BCUT2D eigenvalue weighted by Gasteiger charge is 2.14. The van der Waals surface area contributed by atoms with Crippen LogP contribution in [0.15, 0.2) is 46.9 Å². The van der Waals surface area contributed by atoms with Gasteiger partial charge in [-0.25, -0.2) is 23.5 Å². The Morgan fingerprint density at radius 3 is 2.48 bits per heavy atom. The summed E-state index contributed by atoms with van der Waals surface area (Å²) in [6.07, 6.45) is 3.51. The Kier molecular flexibility index (Phi) is 4.05. The number of nitrogens with two attached hydrogens (primary N) is 1. The molecule has 3 rings (SSSR count). The van der Waals surface area contributed by atoms with Gasteiger partial charge in [-0.05, 0) is 30.2 Å². The van der Waals surface area contributed by atoms with Gasteiger partial charge in [0, 0.05) is 23.5 Å². The van der Waals surface area contributed by atoms with Crippen molar-refractivity contribution in [3.05, 3.63) is 47.7 Å². The highest BCUT2D eigenvalue weighted by Crippen LogP contribution is 2.27. The van der Waals surface area contributed by atoms with Crippen LogP contribution in [0.5, 0.6) is 0 Å². The van der Waals surface area contributed by atoms with Crippen LogP contribution in [0.2, 0.25) is 0 Å². The molecule has 0 aliphatic carbocycles. The van der Waals surface area contributed by atoms with Crippen LogP contribution in [0.25, 0.3) is 16.5 Å². The summed E-state index contributed by atoms with van der Waals surface area (Å²) in [5.74, 6) is 1.09. The summed E-state index contributed by atoms with van der Waals surface area (Å²) in [4.78, 5) is 9.07. The van der Waals surface area contributed by atoms with Gasteiger partial charge in [-0.1, -0.05) is 13.8 Å². The first-order chi connectivity index (χ1) is 10.9. The van der Waals surface area contributed by atoms with E-state index < -0.39 is 10.0 Å². The van der Waals surface area contributed by atoms with Gasteiger partial charge in [-0.2, -0.15) is 0 Å². The van der Waals surface area contributed by atoms with E-state index in [0.29, 0.717) is 5.92 Å². The van der Waals surface area contributed by atoms with E-state index in [1.807, 2.05) is 16.1 Å². The molecule has 2 heterocycles. The number of thiazole rings is 1. The number of sulfonamides is 1. The van der Waals surface area contributed by atoms with Crippen molar-refractivity contribution in [1.29, 1.82) is 0 Å². The van der Waals surface area contributed by atoms with Gasteiger partial charge in [-0.3, -0.25) is 4.57 Å². The van der Waals surface area contributed by atoms with E-state index in [1.54, 1.807) is 29.7 Å². The second kappa shape index (κ2) is 5.88. The molecule has 0 radical (unpaired) electrons. The van der Waals surface area contributed by atoms with E-state index in [-0.39, 0.29) is 4.90 Å². The quantitative estimate of drug-likeness (QED) is 0.785. The minimum Gasteiger partial charge on any atom is -0.298 e. The average Bonchev–Trinajstić information content (AvgIpc) is 3.15. The van der Waals surface area contributed by atoms with Crippen LogP contribution in [0.3, 0.4) is 0 Å². The first kappa shape index (κ1) is 15.9. The van der Waals surface area contributed by atoms with Gasteiger partial charge in [0.2, 0.25) is 10.0 Å². The molecule has 0 saturated carbocycles. The molecule has 3 aromatic rings. The molecule has 0 saturated heterocycles. The number of rotatable bonds is 4. The number of hydrogen-bond donors (Lipinski definition) is 1. The highest BCUT2D eigenvalue weighted by atomic mass is 32.2. The molecule has 2 N–H and O–H groups in total. The first-order valence-electron chi connectivity index (χ1n) is 6.98. The second-order valence-electron chi connectivity index (χ2n) is 5.39. The summed E-state index contributed by atoms with van der Waals surface area (Å²) >= 11 is 1.54. The molecule has 0 amide bonds. The molecular formula is C15H16N4O2S2. The summed E-state index contributed by atoms with van der Waals surface area (Å²) in [5, 5.41) is 7.98. The Morgan fingerprint density at radius 2 is 1.91 bits per heavy atom. The van der Waals surface area contributed by atoms with Gasteiger partial charge in [0.1, 0.15) is 0 Å². The van der Waals surface area contributed by atoms with E-state index >= 15 is 0 Å². The van der Waals surface area contributed by atoms with Crippen molar-refractivity contribution in [1.82, 2.24) is 14.5 Å². The van der Waals surface area contributed by atoms with Crippen molar-refractivity contribution < 1.29 is 8.42 Å².